The lowest BCUT2D eigenvalue weighted by Gasteiger charge is -2.28. The number of anilines is 1. The molecule has 0 bridgehead atoms. The van der Waals surface area contributed by atoms with Crippen LogP contribution in [0.3, 0.4) is 0 Å². The number of nitrogens with one attached hydrogen (secondary N) is 1. The van der Waals surface area contributed by atoms with E-state index in [9.17, 15) is 19.1 Å². The van der Waals surface area contributed by atoms with Crippen molar-refractivity contribution >= 4 is 22.6 Å². The third kappa shape index (κ3) is 2.89. The number of carboxylic acid groups (broad SMARTS) is 1. The number of carbonyl (C=O) groups is 1. The fraction of sp³-hybridized carbons (Fsp3) is 0.238. The topological polar surface area (TPSA) is 80.6 Å². The van der Waals surface area contributed by atoms with Crippen molar-refractivity contribution in [2.75, 3.05) is 11.9 Å². The summed E-state index contributed by atoms with van der Waals surface area (Å²) in [5, 5.41) is 12.5. The Hall–Kier alpha value is -3.35. The lowest BCUT2D eigenvalue weighted by atomic mass is 10.0. The highest BCUT2D eigenvalue weighted by Gasteiger charge is 2.27. The molecule has 7 heteroatoms. The number of aryl methyl sites for hydroxylation is 1. The monoisotopic (exact) mass is 382 g/mol. The number of carboxylic acids is 1. The molecule has 2 aromatic carbocycles. The molecule has 0 aliphatic carbocycles. The molecule has 3 aromatic rings. The van der Waals surface area contributed by atoms with Crippen LogP contribution in [0.1, 0.15) is 34.5 Å². The van der Waals surface area contributed by atoms with Crippen LogP contribution in [-0.2, 0) is 6.54 Å². The molecule has 0 saturated heterocycles. The van der Waals surface area contributed by atoms with E-state index < -0.39 is 17.2 Å². The highest BCUT2D eigenvalue weighted by molar-refractivity contribution is 5.95. The van der Waals surface area contributed by atoms with Crippen molar-refractivity contribution in [3.8, 4) is 5.75 Å². The molecule has 0 amide bonds. The van der Waals surface area contributed by atoms with Crippen LogP contribution in [0.5, 0.6) is 5.75 Å². The van der Waals surface area contributed by atoms with E-state index in [1.165, 1.54) is 6.20 Å². The van der Waals surface area contributed by atoms with Crippen LogP contribution in [0.4, 0.5) is 10.1 Å². The number of nitrogens with zero attached hydrogens (tertiary/aromatic N) is 1. The quantitative estimate of drug-likeness (QED) is 0.719. The van der Waals surface area contributed by atoms with Crippen LogP contribution in [0.2, 0.25) is 0 Å². The van der Waals surface area contributed by atoms with Gasteiger partial charge >= 0.3 is 5.97 Å². The van der Waals surface area contributed by atoms with E-state index in [2.05, 4.69) is 5.32 Å². The maximum atomic E-state index is 14.9. The predicted molar refractivity (Wildman–Crippen MR) is 104 cm³/mol. The number of aromatic nitrogens is 1. The zero-order valence-electron chi connectivity index (χ0n) is 15.5. The van der Waals surface area contributed by atoms with Crippen molar-refractivity contribution in [2.45, 2.75) is 26.4 Å². The molecule has 0 radical (unpaired) electrons. The van der Waals surface area contributed by atoms with E-state index in [-0.39, 0.29) is 35.9 Å². The van der Waals surface area contributed by atoms with Crippen molar-refractivity contribution in [2.24, 2.45) is 0 Å². The smallest absolute Gasteiger partial charge is 0.341 e. The molecule has 28 heavy (non-hydrogen) atoms. The molecular formula is C21H19FN2O4. The van der Waals surface area contributed by atoms with Gasteiger partial charge in [-0.15, -0.1) is 0 Å². The summed E-state index contributed by atoms with van der Waals surface area (Å²) in [6, 6.07) is 8.63. The Morgan fingerprint density at radius 1 is 1.36 bits per heavy atom. The van der Waals surface area contributed by atoms with Gasteiger partial charge in [0.25, 0.3) is 0 Å². The molecule has 2 heterocycles. The summed E-state index contributed by atoms with van der Waals surface area (Å²) < 4.78 is 22.4. The van der Waals surface area contributed by atoms with Crippen molar-refractivity contribution in [1.29, 1.82) is 0 Å². The summed E-state index contributed by atoms with van der Waals surface area (Å²) in [5.74, 6) is -1.66. The first-order valence-corrected chi connectivity index (χ1v) is 8.93. The van der Waals surface area contributed by atoms with Gasteiger partial charge in [0.1, 0.15) is 18.0 Å². The molecular weight excluding hydrogens is 363 g/mol. The summed E-state index contributed by atoms with van der Waals surface area (Å²) >= 11 is 0. The van der Waals surface area contributed by atoms with Gasteiger partial charge < -0.3 is 19.7 Å². The van der Waals surface area contributed by atoms with Gasteiger partial charge in [-0.1, -0.05) is 17.7 Å². The lowest BCUT2D eigenvalue weighted by Crippen LogP contribution is -2.27. The second-order valence-corrected chi connectivity index (χ2v) is 7.03. The molecule has 2 N–H and O–H groups in total. The molecule has 0 saturated carbocycles. The van der Waals surface area contributed by atoms with Gasteiger partial charge in [-0.3, -0.25) is 4.79 Å². The molecule has 1 aliphatic heterocycles. The van der Waals surface area contributed by atoms with Crippen LogP contribution < -0.4 is 15.5 Å². The third-order valence-electron chi connectivity index (χ3n) is 5.01. The molecule has 0 fully saturated rings. The number of hydrogen-bond donors (Lipinski definition) is 2. The Kier molecular flexibility index (Phi) is 4.30. The lowest BCUT2D eigenvalue weighted by molar-refractivity contribution is 0.0694. The van der Waals surface area contributed by atoms with Gasteiger partial charge in [-0.05, 0) is 32.0 Å². The molecule has 0 spiro atoms. The number of benzene rings is 2. The van der Waals surface area contributed by atoms with Crippen LogP contribution in [0, 0.1) is 12.7 Å². The fourth-order valence-electron chi connectivity index (χ4n) is 3.46. The third-order valence-corrected chi connectivity index (χ3v) is 5.01. The summed E-state index contributed by atoms with van der Waals surface area (Å²) in [7, 11) is 0. The predicted octanol–water partition coefficient (Wildman–Crippen LogP) is 3.71. The second-order valence-electron chi connectivity index (χ2n) is 7.03. The summed E-state index contributed by atoms with van der Waals surface area (Å²) in [4.78, 5) is 24.0. The first-order valence-electron chi connectivity index (χ1n) is 8.93. The maximum Gasteiger partial charge on any atom is 0.341 e. The van der Waals surface area contributed by atoms with Gasteiger partial charge in [0.15, 0.2) is 5.75 Å². The van der Waals surface area contributed by atoms with Crippen molar-refractivity contribution in [1.82, 2.24) is 4.57 Å². The van der Waals surface area contributed by atoms with E-state index in [1.54, 1.807) is 4.57 Å². The molecule has 6 nitrogen and oxygen atoms in total. The number of aromatic carboxylic acids is 1. The molecule has 0 unspecified atom stereocenters. The van der Waals surface area contributed by atoms with E-state index in [0.717, 1.165) is 17.3 Å². The van der Waals surface area contributed by atoms with Crippen LogP contribution in [0.15, 0.2) is 41.3 Å². The van der Waals surface area contributed by atoms with Gasteiger partial charge in [-0.25, -0.2) is 9.18 Å². The second kappa shape index (κ2) is 6.67. The van der Waals surface area contributed by atoms with Crippen molar-refractivity contribution < 1.29 is 19.0 Å². The van der Waals surface area contributed by atoms with E-state index in [1.807, 2.05) is 38.1 Å². The SMILES string of the molecule is Cc1ccc(NCc2c(F)cc3c(=O)c(C(=O)O)cn4c3c2OC[C@@H]4C)cc1. The zero-order chi connectivity index (χ0) is 20.0. The minimum atomic E-state index is -1.33. The number of halogens is 1. The van der Waals surface area contributed by atoms with E-state index in [4.69, 9.17) is 4.74 Å². The zero-order valence-corrected chi connectivity index (χ0v) is 15.5. The molecule has 144 valence electrons. The minimum absolute atomic E-state index is 0.0121. The van der Waals surface area contributed by atoms with Gasteiger partial charge in [-0.2, -0.15) is 0 Å². The maximum absolute atomic E-state index is 14.9. The van der Waals surface area contributed by atoms with E-state index >= 15 is 0 Å². The first kappa shape index (κ1) is 18.0. The summed E-state index contributed by atoms with van der Waals surface area (Å²) in [6.07, 6.45) is 1.32. The number of ether oxygens (including phenoxy) is 1. The van der Waals surface area contributed by atoms with Crippen molar-refractivity contribution in [3.05, 3.63) is 69.3 Å². The fourth-order valence-corrected chi connectivity index (χ4v) is 3.46. The Bertz CT molecular complexity index is 1150. The standard InChI is InChI=1S/C21H19FN2O4/c1-11-3-5-13(6-4-11)23-8-15-17(22)7-14-18-20(15)28-10-12(2)24(18)9-16(19(14)25)21(26)27/h3-7,9,12,23H,8,10H2,1-2H3,(H,26,27)/t12-/m0/s1. The average molecular weight is 382 g/mol. The van der Waals surface area contributed by atoms with Crippen LogP contribution in [0.25, 0.3) is 10.9 Å². The van der Waals surface area contributed by atoms with Gasteiger partial charge in [0, 0.05) is 18.4 Å². The minimum Gasteiger partial charge on any atom is -0.489 e. The first-order chi connectivity index (χ1) is 13.4. The largest absolute Gasteiger partial charge is 0.489 e. The molecule has 4 rings (SSSR count). The molecule has 1 aromatic heterocycles. The number of rotatable bonds is 4. The van der Waals surface area contributed by atoms with Crippen molar-refractivity contribution in [3.63, 3.8) is 0 Å². The highest BCUT2D eigenvalue weighted by atomic mass is 19.1. The normalized spacial score (nSPS) is 15.3. The Labute approximate surface area is 160 Å². The van der Waals surface area contributed by atoms with Gasteiger partial charge in [0.2, 0.25) is 5.43 Å². The van der Waals surface area contributed by atoms with Crippen LogP contribution >= 0.6 is 0 Å². The Morgan fingerprint density at radius 2 is 2.07 bits per heavy atom. The number of hydrogen-bond acceptors (Lipinski definition) is 4. The Balaban J connectivity index is 1.86. The van der Waals surface area contributed by atoms with E-state index in [0.29, 0.717) is 11.1 Å². The number of pyridine rings is 1. The van der Waals surface area contributed by atoms with Crippen LogP contribution in [-0.4, -0.2) is 22.2 Å². The average Bonchev–Trinajstić information content (AvgIpc) is 2.66. The highest BCUT2D eigenvalue weighted by Crippen LogP contribution is 2.36. The summed E-state index contributed by atoms with van der Waals surface area (Å²) in [5.41, 5.74) is 1.59. The Morgan fingerprint density at radius 3 is 2.75 bits per heavy atom. The molecule has 1 aliphatic rings. The molecule has 1 atom stereocenters. The van der Waals surface area contributed by atoms with Gasteiger partial charge in [0.05, 0.1) is 22.5 Å². The summed E-state index contributed by atoms with van der Waals surface area (Å²) in [6.45, 7) is 4.26.